The first-order valence-corrected chi connectivity index (χ1v) is 9.69. The number of carbonyl (C=O) groups excluding carboxylic acids is 1. The lowest BCUT2D eigenvalue weighted by Gasteiger charge is -2.22. The van der Waals surface area contributed by atoms with Crippen molar-refractivity contribution in [1.82, 2.24) is 25.5 Å². The lowest BCUT2D eigenvalue weighted by atomic mass is 10.0. The highest BCUT2D eigenvalue weighted by molar-refractivity contribution is 5.81. The Bertz CT molecular complexity index is 959. The van der Waals surface area contributed by atoms with Crippen LogP contribution in [0.5, 0.6) is 0 Å². The lowest BCUT2D eigenvalue weighted by molar-refractivity contribution is -0.125. The molecule has 8 heteroatoms. The topological polar surface area (TPSA) is 75.9 Å². The number of para-hydroxylation sites is 1. The standard InChI is InChI=1S/C21H23FN6O/c1-15-24-25-26-28(15)20(13-16-7-9-17(22)10-8-16)21(29)23-18-11-12-27(14-18)19-5-3-2-4-6-19/h2-10,18,20H,11-14H2,1H3,(H,23,29). The molecule has 0 saturated carbocycles. The van der Waals surface area contributed by atoms with Crippen LogP contribution < -0.4 is 10.2 Å². The van der Waals surface area contributed by atoms with Crippen LogP contribution in [0.25, 0.3) is 0 Å². The molecule has 150 valence electrons. The summed E-state index contributed by atoms with van der Waals surface area (Å²) in [5.41, 5.74) is 2.00. The van der Waals surface area contributed by atoms with E-state index in [4.69, 9.17) is 0 Å². The molecule has 2 heterocycles. The number of amides is 1. The second-order valence-electron chi connectivity index (χ2n) is 7.29. The molecule has 0 aliphatic carbocycles. The molecule has 1 saturated heterocycles. The number of nitrogens with zero attached hydrogens (tertiary/aromatic N) is 5. The van der Waals surface area contributed by atoms with E-state index in [0.29, 0.717) is 12.2 Å². The molecule has 2 aromatic carbocycles. The molecule has 1 amide bonds. The van der Waals surface area contributed by atoms with Gasteiger partial charge in [0.25, 0.3) is 0 Å². The third kappa shape index (κ3) is 4.42. The number of hydrogen-bond acceptors (Lipinski definition) is 5. The molecule has 29 heavy (non-hydrogen) atoms. The zero-order valence-electron chi connectivity index (χ0n) is 16.2. The monoisotopic (exact) mass is 394 g/mol. The van der Waals surface area contributed by atoms with E-state index in [9.17, 15) is 9.18 Å². The molecule has 1 aliphatic heterocycles. The normalized spacial score (nSPS) is 17.3. The van der Waals surface area contributed by atoms with Crippen molar-refractivity contribution in [1.29, 1.82) is 0 Å². The molecule has 2 atom stereocenters. The highest BCUT2D eigenvalue weighted by atomic mass is 19.1. The Kier molecular flexibility index (Phi) is 5.50. The summed E-state index contributed by atoms with van der Waals surface area (Å²) in [7, 11) is 0. The van der Waals surface area contributed by atoms with Crippen molar-refractivity contribution in [2.24, 2.45) is 0 Å². The summed E-state index contributed by atoms with van der Waals surface area (Å²) in [5, 5.41) is 14.7. The maximum Gasteiger partial charge on any atom is 0.245 e. The van der Waals surface area contributed by atoms with Gasteiger partial charge in [-0.3, -0.25) is 4.79 Å². The van der Waals surface area contributed by atoms with Crippen molar-refractivity contribution < 1.29 is 9.18 Å². The lowest BCUT2D eigenvalue weighted by Crippen LogP contribution is -2.42. The van der Waals surface area contributed by atoms with Gasteiger partial charge in [0.05, 0.1) is 0 Å². The van der Waals surface area contributed by atoms with Crippen LogP contribution in [0.2, 0.25) is 0 Å². The number of hydrogen-bond donors (Lipinski definition) is 1. The SMILES string of the molecule is Cc1nnnn1C(Cc1ccc(F)cc1)C(=O)NC1CCN(c2ccccc2)C1. The van der Waals surface area contributed by atoms with Crippen LogP contribution in [-0.2, 0) is 11.2 Å². The Hall–Kier alpha value is -3.29. The van der Waals surface area contributed by atoms with Gasteiger partial charge in [0.15, 0.2) is 0 Å². The van der Waals surface area contributed by atoms with E-state index in [1.54, 1.807) is 19.1 Å². The molecular formula is C21H23FN6O. The second-order valence-corrected chi connectivity index (χ2v) is 7.29. The minimum Gasteiger partial charge on any atom is -0.369 e. The number of nitrogens with one attached hydrogen (secondary N) is 1. The Balaban J connectivity index is 1.47. The molecule has 7 nitrogen and oxygen atoms in total. The summed E-state index contributed by atoms with van der Waals surface area (Å²) in [4.78, 5) is 15.4. The number of carbonyl (C=O) groups is 1. The number of anilines is 1. The maximum atomic E-state index is 13.2. The van der Waals surface area contributed by atoms with Crippen LogP contribution in [0.3, 0.4) is 0 Å². The van der Waals surface area contributed by atoms with E-state index in [2.05, 4.69) is 37.9 Å². The van der Waals surface area contributed by atoms with Gasteiger partial charge in [-0.15, -0.1) is 5.10 Å². The van der Waals surface area contributed by atoms with Crippen molar-refractivity contribution in [2.45, 2.75) is 31.8 Å². The molecular weight excluding hydrogens is 371 g/mol. The van der Waals surface area contributed by atoms with Gasteiger partial charge >= 0.3 is 0 Å². The van der Waals surface area contributed by atoms with E-state index in [-0.39, 0.29) is 17.8 Å². The Morgan fingerprint density at radius 1 is 1.21 bits per heavy atom. The fraction of sp³-hybridized carbons (Fsp3) is 0.333. The minimum atomic E-state index is -0.596. The van der Waals surface area contributed by atoms with Crippen LogP contribution in [0.4, 0.5) is 10.1 Å². The van der Waals surface area contributed by atoms with Gasteiger partial charge in [-0.25, -0.2) is 9.07 Å². The van der Waals surface area contributed by atoms with Crippen molar-refractivity contribution in [2.75, 3.05) is 18.0 Å². The summed E-state index contributed by atoms with van der Waals surface area (Å²) in [6.45, 7) is 3.41. The fourth-order valence-corrected chi connectivity index (χ4v) is 3.71. The number of benzene rings is 2. The zero-order valence-corrected chi connectivity index (χ0v) is 16.2. The number of rotatable bonds is 6. The quantitative estimate of drug-likeness (QED) is 0.694. The summed E-state index contributed by atoms with van der Waals surface area (Å²) in [5.74, 6) is 0.120. The van der Waals surface area contributed by atoms with Gasteiger partial charge in [0, 0.05) is 31.2 Å². The molecule has 1 N–H and O–H groups in total. The van der Waals surface area contributed by atoms with E-state index in [1.807, 2.05) is 18.2 Å². The first-order valence-electron chi connectivity index (χ1n) is 9.69. The van der Waals surface area contributed by atoms with Gasteiger partial charge in [-0.1, -0.05) is 30.3 Å². The molecule has 3 aromatic rings. The van der Waals surface area contributed by atoms with E-state index in [1.165, 1.54) is 16.8 Å². The molecule has 0 radical (unpaired) electrons. The maximum absolute atomic E-state index is 13.2. The first-order chi connectivity index (χ1) is 14.1. The third-order valence-corrected chi connectivity index (χ3v) is 5.25. The zero-order chi connectivity index (χ0) is 20.2. The fourth-order valence-electron chi connectivity index (χ4n) is 3.71. The van der Waals surface area contributed by atoms with Crippen LogP contribution in [0.15, 0.2) is 54.6 Å². The summed E-state index contributed by atoms with van der Waals surface area (Å²) in [6, 6.07) is 15.8. The van der Waals surface area contributed by atoms with Crippen molar-refractivity contribution in [3.63, 3.8) is 0 Å². The van der Waals surface area contributed by atoms with Gasteiger partial charge < -0.3 is 10.2 Å². The van der Waals surface area contributed by atoms with E-state index in [0.717, 1.165) is 30.8 Å². The molecule has 1 aromatic heterocycles. The number of halogens is 1. The van der Waals surface area contributed by atoms with Crippen molar-refractivity contribution in [3.8, 4) is 0 Å². The smallest absolute Gasteiger partial charge is 0.245 e. The van der Waals surface area contributed by atoms with Crippen LogP contribution in [0, 0.1) is 12.7 Å². The van der Waals surface area contributed by atoms with Gasteiger partial charge in [-0.2, -0.15) is 0 Å². The highest BCUT2D eigenvalue weighted by Gasteiger charge is 2.29. The Morgan fingerprint density at radius 2 is 1.97 bits per heavy atom. The predicted octanol–water partition coefficient (Wildman–Crippen LogP) is 2.30. The van der Waals surface area contributed by atoms with Gasteiger partial charge in [0.1, 0.15) is 17.7 Å². The average Bonchev–Trinajstić information content (AvgIpc) is 3.37. The largest absolute Gasteiger partial charge is 0.369 e. The van der Waals surface area contributed by atoms with Crippen LogP contribution in [0.1, 0.15) is 23.9 Å². The Morgan fingerprint density at radius 3 is 2.66 bits per heavy atom. The second kappa shape index (κ2) is 8.38. The van der Waals surface area contributed by atoms with E-state index < -0.39 is 6.04 Å². The van der Waals surface area contributed by atoms with Crippen LogP contribution in [-0.4, -0.2) is 45.2 Å². The average molecular weight is 394 g/mol. The molecule has 2 unspecified atom stereocenters. The number of tetrazole rings is 1. The highest BCUT2D eigenvalue weighted by Crippen LogP contribution is 2.21. The third-order valence-electron chi connectivity index (χ3n) is 5.25. The summed E-state index contributed by atoms with van der Waals surface area (Å²) in [6.07, 6.45) is 1.26. The van der Waals surface area contributed by atoms with Gasteiger partial charge in [0.2, 0.25) is 5.91 Å². The van der Waals surface area contributed by atoms with Crippen molar-refractivity contribution >= 4 is 11.6 Å². The van der Waals surface area contributed by atoms with E-state index >= 15 is 0 Å². The van der Waals surface area contributed by atoms with Gasteiger partial charge in [-0.05, 0) is 53.6 Å². The predicted molar refractivity (Wildman–Crippen MR) is 107 cm³/mol. The molecule has 4 rings (SSSR count). The minimum absolute atomic E-state index is 0.0511. The number of aromatic nitrogens is 4. The Labute approximate surface area is 168 Å². The van der Waals surface area contributed by atoms with Crippen LogP contribution >= 0.6 is 0 Å². The summed E-state index contributed by atoms with van der Waals surface area (Å²) < 4.78 is 14.8. The molecule has 1 aliphatic rings. The molecule has 0 bridgehead atoms. The van der Waals surface area contributed by atoms with Crippen molar-refractivity contribution in [3.05, 3.63) is 71.8 Å². The summed E-state index contributed by atoms with van der Waals surface area (Å²) >= 11 is 0. The number of aryl methyl sites for hydroxylation is 1. The molecule has 1 fully saturated rings. The molecule has 0 spiro atoms. The first kappa shape index (κ1) is 19.0.